The summed E-state index contributed by atoms with van der Waals surface area (Å²) in [6.07, 6.45) is 0.776. The number of aliphatic carboxylic acids is 1. The molecule has 0 aromatic carbocycles. The minimum Gasteiger partial charge on any atom is -0.480 e. The summed E-state index contributed by atoms with van der Waals surface area (Å²) in [6, 6.07) is -1.77. The molecule has 3 N–H and O–H groups in total. The lowest BCUT2D eigenvalue weighted by atomic mass is 10.1. The Balaban J connectivity index is 2.49. The zero-order valence-corrected chi connectivity index (χ0v) is 10.1. The first-order chi connectivity index (χ1) is 8.40. The van der Waals surface area contributed by atoms with Crippen LogP contribution in [-0.4, -0.2) is 40.8 Å². The highest BCUT2D eigenvalue weighted by Gasteiger charge is 2.30. The van der Waals surface area contributed by atoms with Gasteiger partial charge in [-0.15, -0.1) is 0 Å². The average Bonchev–Trinajstić information content (AvgIpc) is 2.70. The Hall–Kier alpha value is -1.92. The third-order valence-corrected chi connectivity index (χ3v) is 2.71. The lowest BCUT2D eigenvalue weighted by Crippen LogP contribution is -2.48. The third-order valence-electron chi connectivity index (χ3n) is 2.71. The van der Waals surface area contributed by atoms with Crippen molar-refractivity contribution in [3.05, 3.63) is 0 Å². The minimum atomic E-state index is -1.19. The van der Waals surface area contributed by atoms with E-state index in [4.69, 9.17) is 5.11 Å². The largest absolute Gasteiger partial charge is 0.480 e. The van der Waals surface area contributed by atoms with Gasteiger partial charge in [-0.05, 0) is 19.8 Å². The van der Waals surface area contributed by atoms with E-state index in [1.165, 1.54) is 6.92 Å². The van der Waals surface area contributed by atoms with Crippen LogP contribution in [0.2, 0.25) is 0 Å². The van der Waals surface area contributed by atoms with E-state index >= 15 is 0 Å². The summed E-state index contributed by atoms with van der Waals surface area (Å²) in [4.78, 5) is 44.3. The fourth-order valence-corrected chi connectivity index (χ4v) is 1.69. The maximum atomic E-state index is 11.7. The maximum Gasteiger partial charge on any atom is 0.326 e. The number of Topliss-reactive ketones (excluding diaryl/α,β-unsaturated/α-hetero) is 1. The molecule has 1 fully saturated rings. The molecule has 0 aromatic heterocycles. The molecule has 7 heteroatoms. The first-order valence-electron chi connectivity index (χ1n) is 5.72. The fourth-order valence-electron chi connectivity index (χ4n) is 1.69. The van der Waals surface area contributed by atoms with Crippen molar-refractivity contribution in [1.82, 2.24) is 10.6 Å². The summed E-state index contributed by atoms with van der Waals surface area (Å²) in [5.74, 6) is -2.05. The number of carbonyl (C=O) groups is 4. The van der Waals surface area contributed by atoms with Gasteiger partial charge in [0.25, 0.3) is 0 Å². The zero-order valence-electron chi connectivity index (χ0n) is 10.1. The number of carbonyl (C=O) groups excluding carboxylic acids is 3. The minimum absolute atomic E-state index is 0.0527. The lowest BCUT2D eigenvalue weighted by Gasteiger charge is -2.16. The number of rotatable bonds is 6. The van der Waals surface area contributed by atoms with E-state index in [-0.39, 0.29) is 31.0 Å². The number of amides is 2. The van der Waals surface area contributed by atoms with Crippen LogP contribution in [0.3, 0.4) is 0 Å². The van der Waals surface area contributed by atoms with Crippen LogP contribution in [0.1, 0.15) is 32.6 Å². The summed E-state index contributed by atoms with van der Waals surface area (Å²) < 4.78 is 0. The second-order valence-electron chi connectivity index (χ2n) is 4.30. The van der Waals surface area contributed by atoms with Gasteiger partial charge in [0.15, 0.2) is 0 Å². The second kappa shape index (κ2) is 6.13. The van der Waals surface area contributed by atoms with Gasteiger partial charge >= 0.3 is 5.97 Å². The van der Waals surface area contributed by atoms with Gasteiger partial charge in [0.05, 0.1) is 0 Å². The van der Waals surface area contributed by atoms with E-state index in [0.29, 0.717) is 6.42 Å². The first kappa shape index (κ1) is 14.1. The number of carboxylic acids is 1. The van der Waals surface area contributed by atoms with Gasteiger partial charge in [0.1, 0.15) is 17.9 Å². The van der Waals surface area contributed by atoms with Crippen molar-refractivity contribution < 1.29 is 24.3 Å². The number of hydrogen-bond donors (Lipinski definition) is 3. The monoisotopic (exact) mass is 256 g/mol. The van der Waals surface area contributed by atoms with Gasteiger partial charge < -0.3 is 20.5 Å². The molecule has 1 aliphatic rings. The number of carboxylic acid groups (broad SMARTS) is 1. The molecule has 7 nitrogen and oxygen atoms in total. The summed E-state index contributed by atoms with van der Waals surface area (Å²) in [5, 5.41) is 13.7. The van der Waals surface area contributed by atoms with E-state index in [0.717, 1.165) is 0 Å². The zero-order chi connectivity index (χ0) is 13.7. The van der Waals surface area contributed by atoms with E-state index in [1.54, 1.807) is 0 Å². The molecular formula is C11H16N2O5. The molecule has 18 heavy (non-hydrogen) atoms. The highest BCUT2D eigenvalue weighted by molar-refractivity contribution is 5.92. The van der Waals surface area contributed by atoms with Crippen molar-refractivity contribution in [2.24, 2.45) is 0 Å². The van der Waals surface area contributed by atoms with Crippen molar-refractivity contribution in [1.29, 1.82) is 0 Å². The quantitative estimate of drug-likeness (QED) is 0.576. The molecule has 0 aliphatic carbocycles. The Bertz CT molecular complexity index is 380. The molecule has 0 saturated carbocycles. The van der Waals surface area contributed by atoms with Gasteiger partial charge in [-0.3, -0.25) is 9.59 Å². The van der Waals surface area contributed by atoms with E-state index in [9.17, 15) is 19.2 Å². The highest BCUT2D eigenvalue weighted by atomic mass is 16.4. The molecule has 2 atom stereocenters. The van der Waals surface area contributed by atoms with Crippen LogP contribution in [-0.2, 0) is 19.2 Å². The van der Waals surface area contributed by atoms with Crippen LogP contribution in [0.4, 0.5) is 0 Å². The lowest BCUT2D eigenvalue weighted by molar-refractivity contribution is -0.142. The molecule has 1 aliphatic heterocycles. The molecule has 0 aromatic rings. The summed E-state index contributed by atoms with van der Waals surface area (Å²) >= 11 is 0. The Kier molecular flexibility index (Phi) is 4.82. The fraction of sp³-hybridized carbons (Fsp3) is 0.636. The Morgan fingerprint density at radius 1 is 1.50 bits per heavy atom. The normalized spacial score (nSPS) is 20.1. The highest BCUT2D eigenvalue weighted by Crippen LogP contribution is 2.07. The van der Waals surface area contributed by atoms with Gasteiger partial charge in [-0.1, -0.05) is 0 Å². The predicted octanol–water partition coefficient (Wildman–Crippen LogP) is -0.796. The van der Waals surface area contributed by atoms with Gasteiger partial charge in [-0.2, -0.15) is 0 Å². The molecular weight excluding hydrogens is 240 g/mol. The molecule has 1 heterocycles. The Morgan fingerprint density at radius 2 is 2.17 bits per heavy atom. The van der Waals surface area contributed by atoms with Crippen LogP contribution in [0, 0.1) is 0 Å². The van der Waals surface area contributed by atoms with Crippen molar-refractivity contribution in [3.8, 4) is 0 Å². The smallest absolute Gasteiger partial charge is 0.326 e. The summed E-state index contributed by atoms with van der Waals surface area (Å²) in [5.41, 5.74) is 0. The van der Waals surface area contributed by atoms with Crippen molar-refractivity contribution in [3.63, 3.8) is 0 Å². The second-order valence-corrected chi connectivity index (χ2v) is 4.30. The van der Waals surface area contributed by atoms with Gasteiger partial charge in [0.2, 0.25) is 11.8 Å². The van der Waals surface area contributed by atoms with Crippen LogP contribution in [0.5, 0.6) is 0 Å². The standard InChI is InChI=1S/C11H16N2O5/c1-6(14)2-3-8(11(17)18)13-10(16)7-4-5-9(15)12-7/h7-8H,2-5H2,1H3,(H,12,15)(H,13,16)(H,17,18)/t7-,8-/m1/s1. The SMILES string of the molecule is CC(=O)CC[C@@H](NC(=O)[C@H]1CCC(=O)N1)C(=O)O. The first-order valence-corrected chi connectivity index (χ1v) is 5.72. The Labute approximate surface area is 104 Å². The van der Waals surface area contributed by atoms with Crippen molar-refractivity contribution in [2.45, 2.75) is 44.7 Å². The molecule has 0 bridgehead atoms. The molecule has 1 rings (SSSR count). The summed E-state index contributed by atoms with van der Waals surface area (Å²) in [6.45, 7) is 1.36. The maximum absolute atomic E-state index is 11.7. The van der Waals surface area contributed by atoms with Crippen molar-refractivity contribution in [2.75, 3.05) is 0 Å². The van der Waals surface area contributed by atoms with Crippen LogP contribution in [0.15, 0.2) is 0 Å². The molecule has 1 saturated heterocycles. The number of hydrogen-bond acceptors (Lipinski definition) is 4. The van der Waals surface area contributed by atoms with Crippen LogP contribution in [0.25, 0.3) is 0 Å². The summed E-state index contributed by atoms with van der Waals surface area (Å²) in [7, 11) is 0. The average molecular weight is 256 g/mol. The van der Waals surface area contributed by atoms with Gasteiger partial charge in [-0.25, -0.2) is 4.79 Å². The molecule has 100 valence electrons. The van der Waals surface area contributed by atoms with Crippen LogP contribution < -0.4 is 10.6 Å². The van der Waals surface area contributed by atoms with E-state index in [2.05, 4.69) is 10.6 Å². The number of nitrogens with one attached hydrogen (secondary N) is 2. The Morgan fingerprint density at radius 3 is 2.61 bits per heavy atom. The topological polar surface area (TPSA) is 113 Å². The molecule has 0 unspecified atom stereocenters. The molecule has 2 amide bonds. The molecule has 0 spiro atoms. The molecule has 0 radical (unpaired) electrons. The predicted molar refractivity (Wildman–Crippen MR) is 60.6 cm³/mol. The third kappa shape index (κ3) is 4.15. The van der Waals surface area contributed by atoms with Crippen LogP contribution >= 0.6 is 0 Å². The number of ketones is 1. The van der Waals surface area contributed by atoms with Crippen molar-refractivity contribution >= 4 is 23.6 Å². The van der Waals surface area contributed by atoms with E-state index < -0.39 is 24.0 Å². The van der Waals surface area contributed by atoms with E-state index in [1.807, 2.05) is 0 Å². The van der Waals surface area contributed by atoms with Gasteiger partial charge in [0, 0.05) is 12.8 Å².